The molecule has 0 aromatic carbocycles. The first kappa shape index (κ1) is 18.0. The van der Waals surface area contributed by atoms with Crippen molar-refractivity contribution < 1.29 is 13.5 Å². The number of alkyl halides is 1. The van der Waals surface area contributed by atoms with Gasteiger partial charge in [0.15, 0.2) is 11.7 Å². The number of halogens is 2. The summed E-state index contributed by atoms with van der Waals surface area (Å²) < 4.78 is 33.1. The highest BCUT2D eigenvalue weighted by Gasteiger charge is 2.34. The Hall–Kier alpha value is -2.35. The lowest BCUT2D eigenvalue weighted by Crippen LogP contribution is -2.32. The molecule has 0 amide bonds. The third-order valence-electron chi connectivity index (χ3n) is 4.03. The molecule has 2 unspecified atom stereocenters. The minimum atomic E-state index is -1.23. The summed E-state index contributed by atoms with van der Waals surface area (Å²) in [6.45, 7) is 3.81. The van der Waals surface area contributed by atoms with Gasteiger partial charge in [0.25, 0.3) is 0 Å². The molecule has 0 saturated carbocycles. The molecule has 3 atom stereocenters. The SMILES string of the molecule is CO[C@H]1C2=C(CN=CC2=C(C)N/C=C(/F)C(=N)N)N=CC(F)C1C. The lowest BCUT2D eigenvalue weighted by Gasteiger charge is -2.28. The minimum Gasteiger partial charge on any atom is -0.382 e. The fraction of sp³-hybridized carbons (Fsp3) is 0.438. The maximum Gasteiger partial charge on any atom is 0.180 e. The van der Waals surface area contributed by atoms with Gasteiger partial charge in [-0.3, -0.25) is 15.4 Å². The predicted octanol–water partition coefficient (Wildman–Crippen LogP) is 2.01. The Morgan fingerprint density at radius 3 is 2.88 bits per heavy atom. The smallest absolute Gasteiger partial charge is 0.180 e. The highest BCUT2D eigenvalue weighted by atomic mass is 19.1. The molecule has 0 aromatic heterocycles. The molecule has 24 heavy (non-hydrogen) atoms. The zero-order valence-corrected chi connectivity index (χ0v) is 13.8. The molecule has 4 N–H and O–H groups in total. The van der Waals surface area contributed by atoms with Crippen LogP contribution in [0.25, 0.3) is 0 Å². The first-order chi connectivity index (χ1) is 11.4. The number of hydrogen-bond donors (Lipinski definition) is 3. The van der Waals surface area contributed by atoms with Gasteiger partial charge in [-0.2, -0.15) is 0 Å². The number of rotatable bonds is 4. The normalized spacial score (nSPS) is 29.2. The van der Waals surface area contributed by atoms with Crippen LogP contribution in [0.4, 0.5) is 8.78 Å². The van der Waals surface area contributed by atoms with Crippen LogP contribution in [0, 0.1) is 11.3 Å². The van der Waals surface area contributed by atoms with E-state index in [9.17, 15) is 8.78 Å². The molecule has 0 aliphatic carbocycles. The number of aliphatic imine (C=N–C) groups is 2. The van der Waals surface area contributed by atoms with Crippen LogP contribution in [0.15, 0.2) is 44.6 Å². The number of nitrogens with two attached hydrogens (primary N) is 1. The van der Waals surface area contributed by atoms with Crippen molar-refractivity contribution in [2.24, 2.45) is 21.6 Å². The van der Waals surface area contributed by atoms with E-state index in [1.807, 2.05) is 0 Å². The lowest BCUT2D eigenvalue weighted by molar-refractivity contribution is 0.0679. The van der Waals surface area contributed by atoms with Crippen LogP contribution in [0.2, 0.25) is 0 Å². The van der Waals surface area contributed by atoms with E-state index in [2.05, 4.69) is 15.3 Å². The Balaban J connectivity index is 2.44. The minimum absolute atomic E-state index is 0.333. The fourth-order valence-electron chi connectivity index (χ4n) is 2.65. The summed E-state index contributed by atoms with van der Waals surface area (Å²) in [4.78, 5) is 8.44. The Bertz CT molecular complexity index is 678. The Morgan fingerprint density at radius 2 is 2.25 bits per heavy atom. The molecule has 0 bridgehead atoms. The average Bonchev–Trinajstić information content (AvgIpc) is 2.69. The van der Waals surface area contributed by atoms with Crippen molar-refractivity contribution >= 4 is 18.3 Å². The van der Waals surface area contributed by atoms with Gasteiger partial charge < -0.3 is 15.8 Å². The number of hydrogen-bond acceptors (Lipinski definition) is 5. The van der Waals surface area contributed by atoms with Crippen LogP contribution < -0.4 is 11.1 Å². The van der Waals surface area contributed by atoms with E-state index < -0.39 is 29.9 Å². The van der Waals surface area contributed by atoms with Crippen molar-refractivity contribution in [3.8, 4) is 0 Å². The Morgan fingerprint density at radius 1 is 1.54 bits per heavy atom. The molecule has 2 heterocycles. The van der Waals surface area contributed by atoms with Gasteiger partial charge in [-0.25, -0.2) is 8.78 Å². The number of nitrogens with one attached hydrogen (secondary N) is 2. The number of allylic oxidation sites excluding steroid dienone is 1. The molecule has 0 aromatic rings. The zero-order chi connectivity index (χ0) is 17.9. The van der Waals surface area contributed by atoms with Gasteiger partial charge in [0, 0.05) is 48.5 Å². The van der Waals surface area contributed by atoms with E-state index in [1.54, 1.807) is 20.1 Å². The van der Waals surface area contributed by atoms with Crippen molar-refractivity contribution in [2.75, 3.05) is 13.7 Å². The third-order valence-corrected chi connectivity index (χ3v) is 4.03. The summed E-state index contributed by atoms with van der Waals surface area (Å²) in [7, 11) is 1.52. The fourth-order valence-corrected chi connectivity index (χ4v) is 2.65. The third kappa shape index (κ3) is 3.59. The molecule has 8 heteroatoms. The first-order valence-corrected chi connectivity index (χ1v) is 7.48. The van der Waals surface area contributed by atoms with E-state index in [4.69, 9.17) is 15.9 Å². The predicted molar refractivity (Wildman–Crippen MR) is 90.7 cm³/mol. The number of ether oxygens (including phenoxy) is 1. The van der Waals surface area contributed by atoms with Crippen molar-refractivity contribution in [1.29, 1.82) is 5.41 Å². The monoisotopic (exact) mass is 337 g/mol. The molecule has 0 fully saturated rings. The second kappa shape index (κ2) is 7.48. The Kier molecular flexibility index (Phi) is 5.61. The summed E-state index contributed by atoms with van der Waals surface area (Å²) in [5, 5.41) is 9.79. The molecule has 0 radical (unpaired) electrons. The van der Waals surface area contributed by atoms with Crippen LogP contribution in [-0.2, 0) is 4.74 Å². The van der Waals surface area contributed by atoms with Gasteiger partial charge >= 0.3 is 0 Å². The largest absolute Gasteiger partial charge is 0.382 e. The van der Waals surface area contributed by atoms with E-state index >= 15 is 0 Å². The van der Waals surface area contributed by atoms with Crippen LogP contribution in [0.3, 0.4) is 0 Å². The van der Waals surface area contributed by atoms with Crippen molar-refractivity contribution in [1.82, 2.24) is 5.32 Å². The second-order valence-corrected chi connectivity index (χ2v) is 5.66. The van der Waals surface area contributed by atoms with Crippen LogP contribution >= 0.6 is 0 Å². The van der Waals surface area contributed by atoms with Crippen LogP contribution in [-0.4, -0.2) is 44.2 Å². The highest BCUT2D eigenvalue weighted by molar-refractivity contribution is 5.92. The summed E-state index contributed by atoms with van der Waals surface area (Å²) in [5.74, 6) is -1.97. The topological polar surface area (TPSA) is 95.8 Å². The summed E-state index contributed by atoms with van der Waals surface area (Å²) in [6.07, 6.45) is 2.17. The van der Waals surface area contributed by atoms with Crippen molar-refractivity contribution in [2.45, 2.75) is 26.1 Å². The Labute approximate surface area is 139 Å². The molecule has 2 aliphatic rings. The van der Waals surface area contributed by atoms with Gasteiger partial charge in [0.1, 0.15) is 6.17 Å². The van der Waals surface area contributed by atoms with E-state index in [0.29, 0.717) is 23.5 Å². The van der Waals surface area contributed by atoms with Gasteiger partial charge in [0.2, 0.25) is 0 Å². The summed E-state index contributed by atoms with van der Waals surface area (Å²) in [5.41, 5.74) is 7.67. The molecule has 6 nitrogen and oxygen atoms in total. The van der Waals surface area contributed by atoms with E-state index in [1.165, 1.54) is 13.3 Å². The second-order valence-electron chi connectivity index (χ2n) is 5.66. The van der Waals surface area contributed by atoms with Gasteiger partial charge in [-0.15, -0.1) is 0 Å². The van der Waals surface area contributed by atoms with Crippen LogP contribution in [0.1, 0.15) is 13.8 Å². The number of nitrogens with zero attached hydrogens (tertiary/aromatic N) is 2. The standard InChI is InChI=1S/C16H21F2N5O/c1-8-11(17)5-23-13-7-21-4-10(14(13)15(8)24-3)9(2)22-6-12(18)16(19)20/h4-6,8,11,15,22H,7H2,1-3H3,(H3,19,20)/b10-9?,12-6+/t8?,11?,15-/m1/s1. The summed E-state index contributed by atoms with van der Waals surface area (Å²) in [6, 6.07) is 0. The number of methoxy groups -OCH3 is 1. The van der Waals surface area contributed by atoms with Gasteiger partial charge in [-0.1, -0.05) is 6.92 Å². The molecule has 2 aliphatic heterocycles. The highest BCUT2D eigenvalue weighted by Crippen LogP contribution is 2.33. The molecule has 130 valence electrons. The van der Waals surface area contributed by atoms with Crippen LogP contribution in [0.5, 0.6) is 0 Å². The van der Waals surface area contributed by atoms with E-state index in [-0.39, 0.29) is 0 Å². The maximum atomic E-state index is 14.2. The number of amidine groups is 1. The summed E-state index contributed by atoms with van der Waals surface area (Å²) >= 11 is 0. The molecule has 0 saturated heterocycles. The van der Waals surface area contributed by atoms with Crippen molar-refractivity contribution in [3.05, 3.63) is 34.6 Å². The maximum absolute atomic E-state index is 14.2. The first-order valence-electron chi connectivity index (χ1n) is 7.48. The zero-order valence-electron chi connectivity index (χ0n) is 13.8. The molecular formula is C16H21F2N5O. The average molecular weight is 337 g/mol. The quantitative estimate of drug-likeness (QED) is 0.541. The number of dihydropyridines is 1. The van der Waals surface area contributed by atoms with Crippen molar-refractivity contribution in [3.63, 3.8) is 0 Å². The van der Waals surface area contributed by atoms with Gasteiger partial charge in [-0.05, 0) is 6.92 Å². The molecular weight excluding hydrogens is 316 g/mol. The molecule has 0 spiro atoms. The van der Waals surface area contributed by atoms with Gasteiger partial charge in [0.05, 0.1) is 18.3 Å². The van der Waals surface area contributed by atoms with E-state index in [0.717, 1.165) is 11.8 Å². The lowest BCUT2D eigenvalue weighted by atomic mass is 9.87. The molecule has 2 rings (SSSR count).